The Hall–Kier alpha value is -4.00. The summed E-state index contributed by atoms with van der Waals surface area (Å²) in [5.41, 5.74) is 6.34. The van der Waals surface area contributed by atoms with Crippen molar-refractivity contribution in [1.82, 2.24) is 20.0 Å². The zero-order valence-corrected chi connectivity index (χ0v) is 19.2. The van der Waals surface area contributed by atoms with E-state index >= 15 is 0 Å². The molecule has 0 radical (unpaired) electrons. The first-order valence-electron chi connectivity index (χ1n) is 10.8. The molecule has 2 aromatic carbocycles. The van der Waals surface area contributed by atoms with Gasteiger partial charge in [0.25, 0.3) is 11.8 Å². The Kier molecular flexibility index (Phi) is 5.96. The molecule has 1 aromatic heterocycles. The molecular formula is C26H26N4O3. The lowest BCUT2D eigenvalue weighted by molar-refractivity contribution is -0.130. The first-order valence-corrected chi connectivity index (χ1v) is 10.8. The highest BCUT2D eigenvalue weighted by Crippen LogP contribution is 2.24. The van der Waals surface area contributed by atoms with Crippen molar-refractivity contribution < 1.29 is 14.4 Å². The third kappa shape index (κ3) is 4.35. The topological polar surface area (TPSA) is 84.3 Å². The van der Waals surface area contributed by atoms with Crippen molar-refractivity contribution in [2.45, 2.75) is 34.1 Å². The Labute approximate surface area is 192 Å². The third-order valence-electron chi connectivity index (χ3n) is 6.02. The number of nitrogens with zero attached hydrogens (tertiary/aromatic N) is 3. The summed E-state index contributed by atoms with van der Waals surface area (Å²) in [5.74, 6) is -1.30. The first kappa shape index (κ1) is 22.2. The van der Waals surface area contributed by atoms with E-state index in [-0.39, 0.29) is 12.1 Å². The summed E-state index contributed by atoms with van der Waals surface area (Å²) in [6, 6.07) is 15.0. The molecule has 1 saturated heterocycles. The lowest BCUT2D eigenvalue weighted by atomic mass is 10.1. The number of barbiturate groups is 1. The van der Waals surface area contributed by atoms with E-state index in [1.807, 2.05) is 76.2 Å². The Balaban J connectivity index is 1.65. The number of benzene rings is 2. The Morgan fingerprint density at radius 1 is 0.939 bits per heavy atom. The predicted molar refractivity (Wildman–Crippen MR) is 126 cm³/mol. The van der Waals surface area contributed by atoms with Crippen LogP contribution in [-0.4, -0.2) is 39.1 Å². The van der Waals surface area contributed by atoms with Gasteiger partial charge in [-0.1, -0.05) is 36.4 Å². The fraction of sp³-hybridized carbons (Fsp3) is 0.231. The molecule has 1 N–H and O–H groups in total. The highest BCUT2D eigenvalue weighted by Gasteiger charge is 2.35. The zero-order chi connectivity index (χ0) is 23.7. The van der Waals surface area contributed by atoms with Crippen LogP contribution in [0.3, 0.4) is 0 Å². The molecule has 0 saturated carbocycles. The van der Waals surface area contributed by atoms with Crippen LogP contribution in [0.2, 0.25) is 0 Å². The van der Waals surface area contributed by atoms with Gasteiger partial charge >= 0.3 is 6.03 Å². The third-order valence-corrected chi connectivity index (χ3v) is 6.02. The molecule has 0 atom stereocenters. The van der Waals surface area contributed by atoms with Gasteiger partial charge in [-0.3, -0.25) is 19.8 Å². The number of hydrogen-bond acceptors (Lipinski definition) is 4. The molecule has 0 bridgehead atoms. The van der Waals surface area contributed by atoms with E-state index < -0.39 is 17.8 Å². The smallest absolute Gasteiger partial charge is 0.273 e. The number of nitrogens with one attached hydrogen (secondary N) is 1. The Morgan fingerprint density at radius 2 is 1.67 bits per heavy atom. The summed E-state index contributed by atoms with van der Waals surface area (Å²) in [6.07, 6.45) is 2.04. The van der Waals surface area contributed by atoms with Crippen LogP contribution in [0.4, 0.5) is 4.79 Å². The van der Waals surface area contributed by atoms with Crippen LogP contribution in [0.25, 0.3) is 11.8 Å². The van der Waals surface area contributed by atoms with Crippen LogP contribution in [0, 0.1) is 27.7 Å². The number of urea groups is 1. The van der Waals surface area contributed by atoms with E-state index in [0.29, 0.717) is 17.7 Å². The van der Waals surface area contributed by atoms with E-state index in [0.717, 1.165) is 27.4 Å². The molecule has 1 aliphatic rings. The highest BCUT2D eigenvalue weighted by atomic mass is 16.2. The van der Waals surface area contributed by atoms with Crippen molar-refractivity contribution in [2.24, 2.45) is 0 Å². The second-order valence-electron chi connectivity index (χ2n) is 8.27. The number of carbonyl (C=O) groups is 3. The molecule has 1 aliphatic heterocycles. The molecule has 1 fully saturated rings. The largest absolute Gasteiger partial charge is 0.331 e. The molecule has 7 heteroatoms. The van der Waals surface area contributed by atoms with Gasteiger partial charge in [-0.05, 0) is 69.0 Å². The molecule has 4 rings (SSSR count). The van der Waals surface area contributed by atoms with Gasteiger partial charge in [-0.15, -0.1) is 0 Å². The molecule has 3 aromatic rings. The average Bonchev–Trinajstić information content (AvgIpc) is 3.07. The van der Waals surface area contributed by atoms with Crippen molar-refractivity contribution in [2.75, 3.05) is 6.54 Å². The van der Waals surface area contributed by atoms with Crippen LogP contribution < -0.4 is 5.32 Å². The number of imide groups is 2. The predicted octanol–water partition coefficient (Wildman–Crippen LogP) is 3.81. The lowest BCUT2D eigenvalue weighted by Crippen LogP contribution is -2.54. The minimum absolute atomic E-state index is 0.0755. The lowest BCUT2D eigenvalue weighted by Gasteiger charge is -2.26. The van der Waals surface area contributed by atoms with Gasteiger partial charge in [0.15, 0.2) is 0 Å². The maximum Gasteiger partial charge on any atom is 0.331 e. The van der Waals surface area contributed by atoms with E-state index in [2.05, 4.69) is 10.4 Å². The van der Waals surface area contributed by atoms with Crippen LogP contribution in [-0.2, 0) is 16.0 Å². The van der Waals surface area contributed by atoms with Crippen molar-refractivity contribution in [1.29, 1.82) is 0 Å². The quantitative estimate of drug-likeness (QED) is 0.481. The SMILES string of the molecule is Cc1ccc(-n2nc(C)c(/C=C3\C(=O)NC(=O)N(CCc4ccccc4)C3=O)c2C)cc1C. The number of carbonyl (C=O) groups excluding carboxylic acids is 3. The summed E-state index contributed by atoms with van der Waals surface area (Å²) in [4.78, 5) is 39.1. The van der Waals surface area contributed by atoms with Crippen molar-refractivity contribution in [3.8, 4) is 5.69 Å². The summed E-state index contributed by atoms with van der Waals surface area (Å²) in [5, 5.41) is 6.91. The second-order valence-corrected chi connectivity index (χ2v) is 8.27. The van der Waals surface area contributed by atoms with Crippen LogP contribution in [0.5, 0.6) is 0 Å². The molecule has 0 spiro atoms. The van der Waals surface area contributed by atoms with Gasteiger partial charge in [0, 0.05) is 17.8 Å². The zero-order valence-electron chi connectivity index (χ0n) is 19.2. The Bertz CT molecular complexity index is 1290. The fourth-order valence-corrected chi connectivity index (χ4v) is 3.90. The van der Waals surface area contributed by atoms with E-state index in [4.69, 9.17) is 0 Å². The van der Waals surface area contributed by atoms with Gasteiger partial charge in [-0.2, -0.15) is 5.10 Å². The number of aryl methyl sites for hydroxylation is 3. The second kappa shape index (κ2) is 8.86. The highest BCUT2D eigenvalue weighted by molar-refractivity contribution is 6.31. The van der Waals surface area contributed by atoms with Crippen LogP contribution in [0.1, 0.15) is 33.6 Å². The maximum atomic E-state index is 13.1. The number of amides is 4. The minimum Gasteiger partial charge on any atom is -0.273 e. The number of aromatic nitrogens is 2. The average molecular weight is 443 g/mol. The van der Waals surface area contributed by atoms with Crippen LogP contribution in [0.15, 0.2) is 54.1 Å². The van der Waals surface area contributed by atoms with Crippen molar-refractivity contribution in [3.05, 3.63) is 87.7 Å². The first-order chi connectivity index (χ1) is 15.8. The molecule has 7 nitrogen and oxygen atoms in total. The normalized spacial score (nSPS) is 15.3. The molecule has 0 aliphatic carbocycles. The van der Waals surface area contributed by atoms with Crippen LogP contribution >= 0.6 is 0 Å². The standard InChI is InChI=1S/C26H26N4O3/c1-16-10-11-21(14-17(16)2)30-19(4)22(18(3)28-30)15-23-24(31)27-26(33)29(25(23)32)13-12-20-8-6-5-7-9-20/h5-11,14-15H,12-13H2,1-4H3,(H,27,31,33)/b23-15+. The van der Waals surface area contributed by atoms with Gasteiger partial charge in [0.2, 0.25) is 0 Å². The number of rotatable bonds is 5. The fourth-order valence-electron chi connectivity index (χ4n) is 3.90. The van der Waals surface area contributed by atoms with E-state index in [1.54, 1.807) is 4.68 Å². The molecule has 4 amide bonds. The molecule has 168 valence electrons. The summed E-state index contributed by atoms with van der Waals surface area (Å²) < 4.78 is 1.80. The monoisotopic (exact) mass is 442 g/mol. The van der Waals surface area contributed by atoms with Gasteiger partial charge < -0.3 is 0 Å². The number of hydrogen-bond donors (Lipinski definition) is 1. The molecule has 33 heavy (non-hydrogen) atoms. The van der Waals surface area contributed by atoms with Crippen molar-refractivity contribution >= 4 is 23.9 Å². The molecular weight excluding hydrogens is 416 g/mol. The van der Waals surface area contributed by atoms with Crippen molar-refractivity contribution in [3.63, 3.8) is 0 Å². The van der Waals surface area contributed by atoms with Gasteiger partial charge in [-0.25, -0.2) is 9.48 Å². The Morgan fingerprint density at radius 3 is 2.36 bits per heavy atom. The molecule has 2 heterocycles. The van der Waals surface area contributed by atoms with Gasteiger partial charge in [0.05, 0.1) is 11.4 Å². The summed E-state index contributed by atoms with van der Waals surface area (Å²) >= 11 is 0. The maximum absolute atomic E-state index is 13.1. The summed E-state index contributed by atoms with van der Waals surface area (Å²) in [6.45, 7) is 8.00. The van der Waals surface area contributed by atoms with E-state index in [9.17, 15) is 14.4 Å². The summed E-state index contributed by atoms with van der Waals surface area (Å²) in [7, 11) is 0. The minimum atomic E-state index is -0.697. The molecule has 0 unspecified atom stereocenters. The van der Waals surface area contributed by atoms with E-state index in [1.165, 1.54) is 11.6 Å². The van der Waals surface area contributed by atoms with Gasteiger partial charge in [0.1, 0.15) is 5.57 Å².